The van der Waals surface area contributed by atoms with Crippen molar-refractivity contribution in [2.24, 2.45) is 0 Å². The lowest BCUT2D eigenvalue weighted by Gasteiger charge is -2.10. The molecule has 15 heteroatoms. The number of rotatable bonds is 31. The Labute approximate surface area is 418 Å². The first-order valence-electron chi connectivity index (χ1n) is 25.5. The van der Waals surface area contributed by atoms with Crippen LogP contribution in [0.3, 0.4) is 0 Å². The molecule has 1 fully saturated rings. The second-order valence-electron chi connectivity index (χ2n) is 16.9. The maximum atomic E-state index is 11.6. The first-order chi connectivity index (χ1) is 33.5. The summed E-state index contributed by atoms with van der Waals surface area (Å²) in [5, 5.41) is 0. The number of allylic oxidation sites excluding steroid dienone is 1. The standard InChI is InChI=1S/C14H24O4.C14H18O4.C14H28O2.C7H12O3.C6H6O2/c2*1-3-17-14(16)6-4-5-12(15)8-10-13-9-7-11(2)18-13;1-3-5-6-7-8-9-10-11-12-13-14(15)16-4-2;1-6(8)4-3-5-7(9)10-2;1-5-2-3-6(4-7)8-5/h11,13H,3-10H2,1-2H3;7-10H,3-6H2,1-2H3;3-13H2,1-2H3;3-5H2,1-2H3;2-4H,1H3/b;10-8+;;;. The van der Waals surface area contributed by atoms with Crippen LogP contribution in [0.1, 0.15) is 217 Å². The fourth-order valence-electron chi connectivity index (χ4n) is 6.56. The topological polar surface area (TPSA) is 209 Å². The molecule has 2 aromatic heterocycles. The number of aryl methyl sites for hydroxylation is 2. The highest BCUT2D eigenvalue weighted by molar-refractivity contribution is 5.93. The Morgan fingerprint density at radius 1 is 0.571 bits per heavy atom. The molecule has 15 nitrogen and oxygen atoms in total. The van der Waals surface area contributed by atoms with Crippen LogP contribution in [-0.4, -0.2) is 86.7 Å². The first-order valence-corrected chi connectivity index (χ1v) is 25.5. The van der Waals surface area contributed by atoms with Crippen molar-refractivity contribution in [3.63, 3.8) is 0 Å². The maximum absolute atomic E-state index is 11.6. The third-order valence-corrected chi connectivity index (χ3v) is 10.3. The number of furan rings is 2. The van der Waals surface area contributed by atoms with Crippen molar-refractivity contribution < 1.29 is 70.9 Å². The normalized spacial score (nSPS) is 13.4. The minimum Gasteiger partial charge on any atom is -0.469 e. The van der Waals surface area contributed by atoms with Gasteiger partial charge in [0.15, 0.2) is 17.8 Å². The van der Waals surface area contributed by atoms with Crippen LogP contribution in [-0.2, 0) is 57.2 Å². The molecule has 1 aliphatic heterocycles. The Balaban J connectivity index is 0. The van der Waals surface area contributed by atoms with E-state index >= 15 is 0 Å². The Hall–Kier alpha value is -5.18. The third-order valence-electron chi connectivity index (χ3n) is 10.3. The summed E-state index contributed by atoms with van der Waals surface area (Å²) in [5.41, 5.74) is 0. The van der Waals surface area contributed by atoms with Crippen molar-refractivity contribution in [1.82, 2.24) is 0 Å². The van der Waals surface area contributed by atoms with E-state index in [1.54, 1.807) is 45.0 Å². The van der Waals surface area contributed by atoms with Crippen LogP contribution in [0.5, 0.6) is 0 Å². The van der Waals surface area contributed by atoms with Crippen molar-refractivity contribution in [2.45, 2.75) is 215 Å². The lowest BCUT2D eigenvalue weighted by molar-refractivity contribution is -0.144. The quantitative estimate of drug-likeness (QED) is 0.0226. The molecule has 0 N–H and O–H groups in total. The van der Waals surface area contributed by atoms with E-state index in [-0.39, 0.29) is 53.8 Å². The summed E-state index contributed by atoms with van der Waals surface area (Å²) in [6.07, 6.45) is 24.1. The van der Waals surface area contributed by atoms with Gasteiger partial charge in [0.25, 0.3) is 0 Å². The number of carbonyl (C=O) groups excluding carboxylic acids is 8. The molecule has 2 unspecified atom stereocenters. The smallest absolute Gasteiger partial charge is 0.305 e. The van der Waals surface area contributed by atoms with Gasteiger partial charge in [0.2, 0.25) is 0 Å². The van der Waals surface area contributed by atoms with Gasteiger partial charge in [-0.25, -0.2) is 0 Å². The van der Waals surface area contributed by atoms with Crippen LogP contribution < -0.4 is 0 Å². The number of hydrogen-bond acceptors (Lipinski definition) is 15. The molecule has 70 heavy (non-hydrogen) atoms. The molecule has 0 amide bonds. The fourth-order valence-corrected chi connectivity index (χ4v) is 6.56. The summed E-state index contributed by atoms with van der Waals surface area (Å²) in [6.45, 7) is 16.2. The van der Waals surface area contributed by atoms with Crippen molar-refractivity contribution in [3.05, 3.63) is 53.4 Å². The van der Waals surface area contributed by atoms with Crippen LogP contribution in [0, 0.1) is 13.8 Å². The monoisotopic (exact) mass is 989 g/mol. The number of Topliss-reactive ketones (excluding diaryl/α,β-unsaturated/α-hetero) is 2. The summed E-state index contributed by atoms with van der Waals surface area (Å²) in [4.78, 5) is 87.0. The Morgan fingerprint density at radius 3 is 1.47 bits per heavy atom. The zero-order valence-corrected chi connectivity index (χ0v) is 44.2. The van der Waals surface area contributed by atoms with Crippen LogP contribution in [0.25, 0.3) is 6.08 Å². The van der Waals surface area contributed by atoms with Gasteiger partial charge < -0.3 is 37.3 Å². The molecule has 0 aliphatic carbocycles. The predicted molar refractivity (Wildman–Crippen MR) is 270 cm³/mol. The van der Waals surface area contributed by atoms with E-state index in [1.165, 1.54) is 71.5 Å². The maximum Gasteiger partial charge on any atom is 0.305 e. The van der Waals surface area contributed by atoms with Crippen LogP contribution in [0.4, 0.5) is 0 Å². The largest absolute Gasteiger partial charge is 0.469 e. The van der Waals surface area contributed by atoms with Gasteiger partial charge in [-0.1, -0.05) is 58.3 Å². The van der Waals surface area contributed by atoms with Gasteiger partial charge in [0.05, 0.1) is 39.1 Å². The molecule has 1 aliphatic rings. The van der Waals surface area contributed by atoms with E-state index in [9.17, 15) is 38.4 Å². The van der Waals surface area contributed by atoms with Gasteiger partial charge in [-0.3, -0.25) is 33.6 Å². The fraction of sp³-hybridized carbons (Fsp3) is 0.673. The molecular weight excluding hydrogens is 901 g/mol. The number of carbonyl (C=O) groups is 8. The summed E-state index contributed by atoms with van der Waals surface area (Å²) < 4.78 is 34.7. The number of aldehydes is 1. The van der Waals surface area contributed by atoms with Crippen molar-refractivity contribution in [1.29, 1.82) is 0 Å². The van der Waals surface area contributed by atoms with Gasteiger partial charge in [-0.05, 0) is 130 Å². The molecule has 0 aromatic carbocycles. The average molecular weight is 989 g/mol. The number of methoxy groups -OCH3 is 1. The van der Waals surface area contributed by atoms with E-state index < -0.39 is 0 Å². The molecule has 0 bridgehead atoms. The van der Waals surface area contributed by atoms with E-state index in [4.69, 9.17) is 27.8 Å². The number of hydrogen-bond donors (Lipinski definition) is 0. The van der Waals surface area contributed by atoms with Crippen molar-refractivity contribution >= 4 is 53.6 Å². The third kappa shape index (κ3) is 44.1. The summed E-state index contributed by atoms with van der Waals surface area (Å²) >= 11 is 0. The molecule has 3 rings (SSSR count). The lowest BCUT2D eigenvalue weighted by Crippen LogP contribution is -2.11. The molecule has 2 atom stereocenters. The second-order valence-corrected chi connectivity index (χ2v) is 16.9. The highest BCUT2D eigenvalue weighted by Crippen LogP contribution is 2.23. The van der Waals surface area contributed by atoms with Gasteiger partial charge in [0, 0.05) is 51.4 Å². The van der Waals surface area contributed by atoms with Crippen molar-refractivity contribution in [3.8, 4) is 0 Å². The molecule has 398 valence electrons. The molecule has 0 radical (unpaired) electrons. The second kappa shape index (κ2) is 46.2. The minimum atomic E-state index is -0.254. The predicted octanol–water partition coefficient (Wildman–Crippen LogP) is 12.3. The zero-order valence-electron chi connectivity index (χ0n) is 44.2. The molecule has 3 heterocycles. The lowest BCUT2D eigenvalue weighted by atomic mass is 10.0. The minimum absolute atomic E-state index is 0.0200. The van der Waals surface area contributed by atoms with E-state index in [0.717, 1.165) is 37.2 Å². The van der Waals surface area contributed by atoms with Gasteiger partial charge in [-0.2, -0.15) is 0 Å². The van der Waals surface area contributed by atoms with E-state index in [2.05, 4.69) is 18.6 Å². The molecule has 2 aromatic rings. The summed E-state index contributed by atoms with van der Waals surface area (Å²) in [6, 6.07) is 7.04. The van der Waals surface area contributed by atoms with Crippen molar-refractivity contribution in [2.75, 3.05) is 26.9 Å². The van der Waals surface area contributed by atoms with Crippen LogP contribution in [0.15, 0.2) is 39.2 Å². The van der Waals surface area contributed by atoms with E-state index in [0.29, 0.717) is 108 Å². The Kier molecular flexibility index (Phi) is 44.2. The number of unbranched alkanes of at least 4 members (excludes halogenated alkanes) is 8. The van der Waals surface area contributed by atoms with Gasteiger partial charge >= 0.3 is 23.9 Å². The molecule has 1 saturated heterocycles. The van der Waals surface area contributed by atoms with E-state index in [1.807, 2.05) is 19.9 Å². The molecule has 0 spiro atoms. The highest BCUT2D eigenvalue weighted by atomic mass is 16.5. The van der Waals surface area contributed by atoms with Gasteiger partial charge in [0.1, 0.15) is 28.8 Å². The first kappa shape index (κ1) is 66.9. The van der Waals surface area contributed by atoms with Crippen LogP contribution in [0.2, 0.25) is 0 Å². The van der Waals surface area contributed by atoms with Gasteiger partial charge in [-0.15, -0.1) is 0 Å². The average Bonchev–Trinajstić information content (AvgIpc) is 4.08. The molecule has 0 saturated carbocycles. The Bertz CT molecular complexity index is 1740. The number of ether oxygens (including phenoxy) is 5. The molecular formula is C55H88O15. The number of esters is 4. The Morgan fingerprint density at radius 2 is 1.04 bits per heavy atom. The van der Waals surface area contributed by atoms with Crippen LogP contribution >= 0.6 is 0 Å². The number of ketones is 3. The highest BCUT2D eigenvalue weighted by Gasteiger charge is 2.22. The summed E-state index contributed by atoms with van der Waals surface area (Å²) in [7, 11) is 1.34. The zero-order chi connectivity index (χ0) is 52.8. The summed E-state index contributed by atoms with van der Waals surface area (Å²) in [5.74, 6) is 2.20. The SMILES string of the molecule is CCCCCCCCCCCC(=O)OCC.CCOC(=O)CCCC(=O)/C=C/c1ccc(C)o1.CCOC(=O)CCCC(=O)CCC1CCC(C)O1.COC(=O)CCCC(C)=O.Cc1ccc(C=O)o1.